The Morgan fingerprint density at radius 3 is 2.59 bits per heavy atom. The summed E-state index contributed by atoms with van der Waals surface area (Å²) >= 11 is 3.55. The van der Waals surface area contributed by atoms with Gasteiger partial charge in [-0.25, -0.2) is 0 Å². The van der Waals surface area contributed by atoms with Gasteiger partial charge < -0.3 is 11.1 Å². The number of hydrogen-bond acceptors (Lipinski definition) is 2. The smallest absolute Gasteiger partial charge is 0.220 e. The van der Waals surface area contributed by atoms with Crippen molar-refractivity contribution >= 4 is 21.8 Å². The Balaban J connectivity index is 1.54. The highest BCUT2D eigenvalue weighted by Crippen LogP contribution is 2.39. The van der Waals surface area contributed by atoms with Crippen molar-refractivity contribution in [3.05, 3.63) is 34.3 Å². The normalized spacial score (nSPS) is 30.8. The molecule has 0 heterocycles. The summed E-state index contributed by atoms with van der Waals surface area (Å²) in [5.41, 5.74) is 7.35. The first-order valence-corrected chi connectivity index (χ1v) is 9.21. The number of aryl methyl sites for hydroxylation is 1. The zero-order valence-corrected chi connectivity index (χ0v) is 14.5. The van der Waals surface area contributed by atoms with Crippen LogP contribution in [0.3, 0.4) is 0 Å². The van der Waals surface area contributed by atoms with Crippen molar-refractivity contribution in [2.75, 3.05) is 0 Å². The molecular formula is C18H25BrN2O. The summed E-state index contributed by atoms with van der Waals surface area (Å²) in [6.07, 6.45) is 7.24. The predicted molar refractivity (Wildman–Crippen MR) is 92.4 cm³/mol. The van der Waals surface area contributed by atoms with E-state index in [4.69, 9.17) is 5.73 Å². The number of benzene rings is 1. The number of amides is 1. The van der Waals surface area contributed by atoms with Crippen LogP contribution < -0.4 is 11.1 Å². The second-order valence-electron chi connectivity index (χ2n) is 6.87. The van der Waals surface area contributed by atoms with E-state index in [2.05, 4.69) is 27.3 Å². The third-order valence-corrected chi connectivity index (χ3v) is 6.06. The lowest BCUT2D eigenvalue weighted by Crippen LogP contribution is -2.53. The Labute approximate surface area is 141 Å². The van der Waals surface area contributed by atoms with Gasteiger partial charge in [0.05, 0.1) is 0 Å². The maximum Gasteiger partial charge on any atom is 0.220 e. The monoisotopic (exact) mass is 364 g/mol. The van der Waals surface area contributed by atoms with Crippen LogP contribution in [0.15, 0.2) is 28.7 Å². The molecule has 2 bridgehead atoms. The Bertz CT molecular complexity index is 520. The summed E-state index contributed by atoms with van der Waals surface area (Å²) in [5, 5.41) is 3.32. The Kier molecular flexibility index (Phi) is 5.19. The lowest BCUT2D eigenvalue weighted by Gasteiger charge is -2.45. The van der Waals surface area contributed by atoms with Gasteiger partial charge in [0.1, 0.15) is 0 Å². The standard InChI is InChI=1S/C18H25BrN2O/c19-16-7-2-1-4-12(16)8-9-17(22)21-18-13-5-3-6-14(18)11-15(20)10-13/h1-2,4,7,13-15,18H,3,5-6,8-11,20H2,(H,21,22). The molecule has 22 heavy (non-hydrogen) atoms. The lowest BCUT2D eigenvalue weighted by atomic mass is 9.67. The third-order valence-electron chi connectivity index (χ3n) is 5.28. The average molecular weight is 365 g/mol. The first-order chi connectivity index (χ1) is 10.6. The molecule has 1 aromatic carbocycles. The summed E-state index contributed by atoms with van der Waals surface area (Å²) in [7, 11) is 0. The van der Waals surface area contributed by atoms with Gasteiger partial charge in [0.25, 0.3) is 0 Å². The number of carbonyl (C=O) groups excluding carboxylic acids is 1. The van der Waals surface area contributed by atoms with Crippen molar-refractivity contribution in [3.8, 4) is 0 Å². The van der Waals surface area contributed by atoms with Gasteiger partial charge in [0, 0.05) is 23.0 Å². The summed E-state index contributed by atoms with van der Waals surface area (Å²) in [6, 6.07) is 8.82. The lowest BCUT2D eigenvalue weighted by molar-refractivity contribution is -0.123. The maximum absolute atomic E-state index is 12.4. The van der Waals surface area contributed by atoms with Crippen LogP contribution in [0.2, 0.25) is 0 Å². The number of hydrogen-bond donors (Lipinski definition) is 2. The van der Waals surface area contributed by atoms with E-state index in [1.54, 1.807) is 0 Å². The van der Waals surface area contributed by atoms with Gasteiger partial charge in [-0.3, -0.25) is 4.79 Å². The van der Waals surface area contributed by atoms with Crippen LogP contribution in [0.4, 0.5) is 0 Å². The van der Waals surface area contributed by atoms with Crippen LogP contribution in [0.5, 0.6) is 0 Å². The highest BCUT2D eigenvalue weighted by molar-refractivity contribution is 9.10. The minimum atomic E-state index is 0.188. The molecule has 120 valence electrons. The molecule has 3 nitrogen and oxygen atoms in total. The van der Waals surface area contributed by atoms with E-state index in [1.807, 2.05) is 18.2 Å². The number of fused-ring (bicyclic) bond motifs is 2. The van der Waals surface area contributed by atoms with Gasteiger partial charge in [0.2, 0.25) is 5.91 Å². The van der Waals surface area contributed by atoms with E-state index in [0.29, 0.717) is 30.3 Å². The fraction of sp³-hybridized carbons (Fsp3) is 0.611. The van der Waals surface area contributed by atoms with E-state index in [9.17, 15) is 4.79 Å². The molecule has 2 aliphatic carbocycles. The number of rotatable bonds is 4. The number of nitrogens with two attached hydrogens (primary N) is 1. The van der Waals surface area contributed by atoms with E-state index < -0.39 is 0 Å². The van der Waals surface area contributed by atoms with E-state index in [1.165, 1.54) is 24.8 Å². The molecule has 2 saturated carbocycles. The fourth-order valence-corrected chi connectivity index (χ4v) is 4.72. The minimum absolute atomic E-state index is 0.188. The molecule has 2 unspecified atom stereocenters. The Morgan fingerprint density at radius 1 is 1.23 bits per heavy atom. The average Bonchev–Trinajstić information content (AvgIpc) is 2.47. The molecule has 1 amide bonds. The van der Waals surface area contributed by atoms with Gasteiger partial charge >= 0.3 is 0 Å². The second-order valence-corrected chi connectivity index (χ2v) is 7.72. The Hall–Kier alpha value is -0.870. The number of nitrogens with one attached hydrogen (secondary N) is 1. The van der Waals surface area contributed by atoms with Crippen molar-refractivity contribution in [1.82, 2.24) is 5.32 Å². The van der Waals surface area contributed by atoms with Crippen LogP contribution in [0.25, 0.3) is 0 Å². The van der Waals surface area contributed by atoms with Crippen LogP contribution >= 0.6 is 15.9 Å². The van der Waals surface area contributed by atoms with Crippen molar-refractivity contribution in [3.63, 3.8) is 0 Å². The molecular weight excluding hydrogens is 340 g/mol. The fourth-order valence-electron chi connectivity index (χ4n) is 4.23. The van der Waals surface area contributed by atoms with Crippen molar-refractivity contribution in [1.29, 1.82) is 0 Å². The number of carbonyl (C=O) groups is 1. The van der Waals surface area contributed by atoms with Gasteiger partial charge in [0.15, 0.2) is 0 Å². The molecule has 0 spiro atoms. The molecule has 1 aromatic rings. The van der Waals surface area contributed by atoms with Gasteiger partial charge in [-0.05, 0) is 55.6 Å². The van der Waals surface area contributed by atoms with Crippen LogP contribution in [-0.2, 0) is 11.2 Å². The van der Waals surface area contributed by atoms with Crippen LogP contribution in [0.1, 0.15) is 44.1 Å². The molecule has 3 rings (SSSR count). The van der Waals surface area contributed by atoms with Crippen LogP contribution in [0, 0.1) is 11.8 Å². The van der Waals surface area contributed by atoms with E-state index in [0.717, 1.165) is 23.7 Å². The van der Waals surface area contributed by atoms with Crippen molar-refractivity contribution < 1.29 is 4.79 Å². The molecule has 3 N–H and O–H groups in total. The quantitative estimate of drug-likeness (QED) is 0.859. The molecule has 0 aliphatic heterocycles. The molecule has 0 radical (unpaired) electrons. The number of halogens is 1. The molecule has 2 aliphatic rings. The summed E-state index contributed by atoms with van der Waals surface area (Å²) < 4.78 is 1.09. The third kappa shape index (κ3) is 3.72. The Morgan fingerprint density at radius 2 is 1.91 bits per heavy atom. The first kappa shape index (κ1) is 16.0. The second kappa shape index (κ2) is 7.14. The first-order valence-electron chi connectivity index (χ1n) is 8.42. The summed E-state index contributed by atoms with van der Waals surface area (Å²) in [4.78, 5) is 12.4. The SMILES string of the molecule is NC1CC2CCCC(C1)C2NC(=O)CCc1ccccc1Br. The molecule has 0 aromatic heterocycles. The topological polar surface area (TPSA) is 55.1 Å². The highest BCUT2D eigenvalue weighted by atomic mass is 79.9. The van der Waals surface area contributed by atoms with E-state index in [-0.39, 0.29) is 5.91 Å². The maximum atomic E-state index is 12.4. The predicted octanol–water partition coefficient (Wildman–Crippen LogP) is 3.40. The molecule has 2 atom stereocenters. The van der Waals surface area contributed by atoms with Crippen LogP contribution in [-0.4, -0.2) is 18.0 Å². The molecule has 0 saturated heterocycles. The highest BCUT2D eigenvalue weighted by Gasteiger charge is 2.39. The largest absolute Gasteiger partial charge is 0.353 e. The zero-order chi connectivity index (χ0) is 15.5. The van der Waals surface area contributed by atoms with Gasteiger partial charge in [-0.15, -0.1) is 0 Å². The van der Waals surface area contributed by atoms with Gasteiger partial charge in [-0.2, -0.15) is 0 Å². The summed E-state index contributed by atoms with van der Waals surface area (Å²) in [5.74, 6) is 1.37. The molecule has 2 fully saturated rings. The van der Waals surface area contributed by atoms with Crippen molar-refractivity contribution in [2.24, 2.45) is 17.6 Å². The van der Waals surface area contributed by atoms with Gasteiger partial charge in [-0.1, -0.05) is 40.5 Å². The zero-order valence-electron chi connectivity index (χ0n) is 12.9. The molecule has 4 heteroatoms. The van der Waals surface area contributed by atoms with Crippen molar-refractivity contribution in [2.45, 2.75) is 57.0 Å². The van der Waals surface area contributed by atoms with E-state index >= 15 is 0 Å². The minimum Gasteiger partial charge on any atom is -0.353 e. The summed E-state index contributed by atoms with van der Waals surface area (Å²) in [6.45, 7) is 0.